The highest BCUT2D eigenvalue weighted by molar-refractivity contribution is 5.91. The monoisotopic (exact) mass is 254 g/mol. The van der Waals surface area contributed by atoms with Crippen molar-refractivity contribution in [3.8, 4) is 0 Å². The molecule has 0 aromatic carbocycles. The Morgan fingerprint density at radius 2 is 2.17 bits per heavy atom. The summed E-state index contributed by atoms with van der Waals surface area (Å²) < 4.78 is 5.04. The van der Waals surface area contributed by atoms with Gasteiger partial charge in [-0.05, 0) is 19.3 Å². The minimum absolute atomic E-state index is 0.00547. The molecular formula is C13H22N2O3. The summed E-state index contributed by atoms with van der Waals surface area (Å²) in [7, 11) is 0. The summed E-state index contributed by atoms with van der Waals surface area (Å²) >= 11 is 0. The molecule has 1 aromatic heterocycles. The molecule has 18 heavy (non-hydrogen) atoms. The zero-order valence-electron chi connectivity index (χ0n) is 11.4. The Morgan fingerprint density at radius 1 is 1.50 bits per heavy atom. The Morgan fingerprint density at radius 3 is 2.72 bits per heavy atom. The molecule has 2 N–H and O–H groups in total. The van der Waals surface area contributed by atoms with Crippen LogP contribution in [0.4, 0.5) is 0 Å². The van der Waals surface area contributed by atoms with Gasteiger partial charge < -0.3 is 14.9 Å². The fourth-order valence-electron chi connectivity index (χ4n) is 1.42. The SMILES string of the molecule is CCC(C)c1cc(C(=O)NC(C)C(C)CO)on1. The number of rotatable bonds is 6. The van der Waals surface area contributed by atoms with Crippen LogP contribution in [0.15, 0.2) is 10.6 Å². The molecule has 0 fully saturated rings. The van der Waals surface area contributed by atoms with Crippen molar-refractivity contribution in [2.24, 2.45) is 5.92 Å². The van der Waals surface area contributed by atoms with Crippen LogP contribution < -0.4 is 5.32 Å². The maximum atomic E-state index is 11.9. The number of amides is 1. The number of hydrogen-bond donors (Lipinski definition) is 2. The number of nitrogens with one attached hydrogen (secondary N) is 1. The lowest BCUT2D eigenvalue weighted by atomic mass is 10.0. The summed E-state index contributed by atoms with van der Waals surface area (Å²) in [5, 5.41) is 15.7. The Bertz CT molecular complexity index is 389. The van der Waals surface area contributed by atoms with Gasteiger partial charge >= 0.3 is 0 Å². The van der Waals surface area contributed by atoms with Gasteiger partial charge in [0.1, 0.15) is 0 Å². The number of nitrogens with zero attached hydrogens (tertiary/aromatic N) is 1. The Kier molecular flexibility index (Phi) is 5.34. The molecule has 5 nitrogen and oxygen atoms in total. The zero-order valence-corrected chi connectivity index (χ0v) is 11.4. The Hall–Kier alpha value is -1.36. The third-order valence-electron chi connectivity index (χ3n) is 3.37. The number of carbonyl (C=O) groups excluding carboxylic acids is 1. The van der Waals surface area contributed by atoms with Crippen molar-refractivity contribution in [3.63, 3.8) is 0 Å². The molecule has 0 aliphatic carbocycles. The van der Waals surface area contributed by atoms with Crippen LogP contribution >= 0.6 is 0 Å². The van der Waals surface area contributed by atoms with E-state index in [0.717, 1.165) is 12.1 Å². The van der Waals surface area contributed by atoms with Crippen LogP contribution in [0.2, 0.25) is 0 Å². The van der Waals surface area contributed by atoms with Crippen LogP contribution in [0.25, 0.3) is 0 Å². The number of aliphatic hydroxyl groups is 1. The van der Waals surface area contributed by atoms with E-state index < -0.39 is 0 Å². The van der Waals surface area contributed by atoms with E-state index in [-0.39, 0.29) is 36.2 Å². The average Bonchev–Trinajstić information content (AvgIpc) is 2.86. The minimum Gasteiger partial charge on any atom is -0.396 e. The lowest BCUT2D eigenvalue weighted by molar-refractivity contribution is 0.0879. The molecule has 102 valence electrons. The molecule has 0 saturated heterocycles. The van der Waals surface area contributed by atoms with Gasteiger partial charge in [-0.15, -0.1) is 0 Å². The quantitative estimate of drug-likeness (QED) is 0.813. The molecule has 0 radical (unpaired) electrons. The van der Waals surface area contributed by atoms with Crippen molar-refractivity contribution < 1.29 is 14.4 Å². The molecule has 0 aliphatic heterocycles. The van der Waals surface area contributed by atoms with Crippen molar-refractivity contribution in [2.45, 2.75) is 46.1 Å². The molecular weight excluding hydrogens is 232 g/mol. The largest absolute Gasteiger partial charge is 0.396 e. The van der Waals surface area contributed by atoms with Crippen molar-refractivity contribution in [2.75, 3.05) is 6.61 Å². The Labute approximate surface area is 108 Å². The first-order valence-corrected chi connectivity index (χ1v) is 6.37. The van der Waals surface area contributed by atoms with E-state index in [1.807, 2.05) is 20.8 Å². The van der Waals surface area contributed by atoms with Crippen LogP contribution in [0.1, 0.15) is 56.3 Å². The summed E-state index contributed by atoms with van der Waals surface area (Å²) in [6.45, 7) is 7.86. The van der Waals surface area contributed by atoms with Crippen LogP contribution in [0, 0.1) is 5.92 Å². The van der Waals surface area contributed by atoms with Gasteiger partial charge in [0.25, 0.3) is 5.91 Å². The number of hydrogen-bond acceptors (Lipinski definition) is 4. The third kappa shape index (κ3) is 3.57. The first-order chi connectivity index (χ1) is 8.49. The van der Waals surface area contributed by atoms with Gasteiger partial charge in [-0.1, -0.05) is 25.9 Å². The molecule has 3 atom stereocenters. The lowest BCUT2D eigenvalue weighted by Gasteiger charge is -2.18. The van der Waals surface area contributed by atoms with Gasteiger partial charge in [0.2, 0.25) is 5.76 Å². The molecule has 1 rings (SSSR count). The fraction of sp³-hybridized carbons (Fsp3) is 0.692. The van der Waals surface area contributed by atoms with Gasteiger partial charge in [0.15, 0.2) is 0 Å². The second-order valence-corrected chi connectivity index (χ2v) is 4.85. The number of carbonyl (C=O) groups is 1. The van der Waals surface area contributed by atoms with Crippen LogP contribution in [0.5, 0.6) is 0 Å². The first kappa shape index (κ1) is 14.7. The summed E-state index contributed by atoms with van der Waals surface area (Å²) in [4.78, 5) is 11.9. The molecule has 5 heteroatoms. The molecule has 0 aliphatic rings. The number of aliphatic hydroxyl groups excluding tert-OH is 1. The van der Waals surface area contributed by atoms with Crippen LogP contribution in [-0.4, -0.2) is 28.8 Å². The van der Waals surface area contributed by atoms with E-state index in [2.05, 4.69) is 17.4 Å². The highest BCUT2D eigenvalue weighted by Crippen LogP contribution is 2.18. The topological polar surface area (TPSA) is 75.4 Å². The predicted octanol–water partition coefficient (Wildman–Crippen LogP) is 1.93. The van der Waals surface area contributed by atoms with E-state index >= 15 is 0 Å². The van der Waals surface area contributed by atoms with E-state index in [1.54, 1.807) is 6.07 Å². The maximum Gasteiger partial charge on any atom is 0.290 e. The van der Waals surface area contributed by atoms with Crippen molar-refractivity contribution in [1.29, 1.82) is 0 Å². The normalized spacial score (nSPS) is 16.1. The zero-order chi connectivity index (χ0) is 13.7. The molecule has 0 spiro atoms. The third-order valence-corrected chi connectivity index (χ3v) is 3.37. The molecule has 1 aromatic rings. The summed E-state index contributed by atoms with van der Waals surface area (Å²) in [5.41, 5.74) is 0.797. The fourth-order valence-corrected chi connectivity index (χ4v) is 1.42. The van der Waals surface area contributed by atoms with Gasteiger partial charge in [0.05, 0.1) is 5.69 Å². The summed E-state index contributed by atoms with van der Waals surface area (Å²) in [5.74, 6) is 0.224. The predicted molar refractivity (Wildman–Crippen MR) is 68.4 cm³/mol. The second-order valence-electron chi connectivity index (χ2n) is 4.85. The van der Waals surface area contributed by atoms with Gasteiger partial charge in [-0.3, -0.25) is 4.79 Å². The van der Waals surface area contributed by atoms with Crippen molar-refractivity contribution >= 4 is 5.91 Å². The summed E-state index contributed by atoms with van der Waals surface area (Å²) in [6.07, 6.45) is 0.950. The average molecular weight is 254 g/mol. The molecule has 1 amide bonds. The lowest BCUT2D eigenvalue weighted by Crippen LogP contribution is -2.38. The minimum atomic E-state index is -0.287. The maximum absolute atomic E-state index is 11.9. The van der Waals surface area contributed by atoms with Crippen LogP contribution in [-0.2, 0) is 0 Å². The van der Waals surface area contributed by atoms with E-state index in [4.69, 9.17) is 9.63 Å². The van der Waals surface area contributed by atoms with Gasteiger partial charge in [-0.2, -0.15) is 0 Å². The standard InChI is InChI=1S/C13H22N2O3/c1-5-8(2)11-6-12(18-15-11)13(17)14-10(4)9(3)7-16/h6,8-10,16H,5,7H2,1-4H3,(H,14,17). The smallest absolute Gasteiger partial charge is 0.290 e. The van der Waals surface area contributed by atoms with Crippen molar-refractivity contribution in [3.05, 3.63) is 17.5 Å². The molecule has 0 bridgehead atoms. The molecule has 1 heterocycles. The molecule has 3 unspecified atom stereocenters. The van der Waals surface area contributed by atoms with E-state index in [0.29, 0.717) is 0 Å². The highest BCUT2D eigenvalue weighted by atomic mass is 16.5. The van der Waals surface area contributed by atoms with E-state index in [9.17, 15) is 4.79 Å². The van der Waals surface area contributed by atoms with Crippen LogP contribution in [0.3, 0.4) is 0 Å². The molecule has 0 saturated carbocycles. The second kappa shape index (κ2) is 6.54. The van der Waals surface area contributed by atoms with Gasteiger partial charge in [0, 0.05) is 24.6 Å². The van der Waals surface area contributed by atoms with Crippen molar-refractivity contribution in [1.82, 2.24) is 10.5 Å². The van der Waals surface area contributed by atoms with Gasteiger partial charge in [-0.25, -0.2) is 0 Å². The van der Waals surface area contributed by atoms with E-state index in [1.165, 1.54) is 0 Å². The summed E-state index contributed by atoms with van der Waals surface area (Å²) in [6, 6.07) is 1.57. The first-order valence-electron chi connectivity index (χ1n) is 6.37. The Balaban J connectivity index is 2.64. The number of aromatic nitrogens is 1. The highest BCUT2D eigenvalue weighted by Gasteiger charge is 2.19.